The fourth-order valence-corrected chi connectivity index (χ4v) is 1.37. The summed E-state index contributed by atoms with van der Waals surface area (Å²) in [7, 11) is 0. The van der Waals surface area contributed by atoms with Crippen LogP contribution >= 0.6 is 0 Å². The maximum Gasteiger partial charge on any atom is 0.333 e. The van der Waals surface area contributed by atoms with E-state index in [-0.39, 0.29) is 0 Å². The molecule has 0 saturated heterocycles. The summed E-state index contributed by atoms with van der Waals surface area (Å²) < 4.78 is 5.25. The van der Waals surface area contributed by atoms with Crippen molar-refractivity contribution in [1.82, 2.24) is 5.32 Å². The van der Waals surface area contributed by atoms with Crippen molar-refractivity contribution in [2.75, 3.05) is 0 Å². The van der Waals surface area contributed by atoms with Gasteiger partial charge in [-0.1, -0.05) is 30.3 Å². The highest BCUT2D eigenvalue weighted by Gasteiger charge is 2.25. The van der Waals surface area contributed by atoms with Crippen LogP contribution in [0, 0.1) is 0 Å². The van der Waals surface area contributed by atoms with Gasteiger partial charge in [-0.3, -0.25) is 4.79 Å². The molecule has 0 spiro atoms. The second-order valence-corrected chi connectivity index (χ2v) is 4.66. The third-order valence-electron chi connectivity index (χ3n) is 2.01. The SMILES string of the molecule is CC(C)(C)OC(=O)[C@@H](NC=O)c1ccccc1. The van der Waals surface area contributed by atoms with E-state index >= 15 is 0 Å². The van der Waals surface area contributed by atoms with Crippen LogP contribution in [0.2, 0.25) is 0 Å². The first-order chi connectivity index (χ1) is 7.94. The molecule has 0 heterocycles. The average molecular weight is 235 g/mol. The summed E-state index contributed by atoms with van der Waals surface area (Å²) in [5.41, 5.74) is 0.128. The number of benzene rings is 1. The first-order valence-corrected chi connectivity index (χ1v) is 5.41. The molecule has 4 nitrogen and oxygen atoms in total. The van der Waals surface area contributed by atoms with E-state index in [2.05, 4.69) is 5.32 Å². The van der Waals surface area contributed by atoms with Gasteiger partial charge in [-0.2, -0.15) is 0 Å². The van der Waals surface area contributed by atoms with Crippen molar-refractivity contribution < 1.29 is 14.3 Å². The van der Waals surface area contributed by atoms with Crippen molar-refractivity contribution in [2.45, 2.75) is 32.4 Å². The highest BCUT2D eigenvalue weighted by molar-refractivity contribution is 5.80. The fraction of sp³-hybridized carbons (Fsp3) is 0.385. The Bertz CT molecular complexity index is 381. The smallest absolute Gasteiger partial charge is 0.333 e. The lowest BCUT2D eigenvalue weighted by molar-refractivity contribution is -0.158. The van der Waals surface area contributed by atoms with Crippen LogP contribution in [-0.4, -0.2) is 18.0 Å². The first kappa shape index (κ1) is 13.2. The molecule has 1 amide bonds. The Morgan fingerprint density at radius 2 is 1.88 bits per heavy atom. The van der Waals surface area contributed by atoms with Gasteiger partial charge in [0.25, 0.3) is 0 Å². The molecular formula is C13H17NO3. The van der Waals surface area contributed by atoms with Crippen LogP contribution in [0.5, 0.6) is 0 Å². The van der Waals surface area contributed by atoms with E-state index in [0.29, 0.717) is 12.0 Å². The number of rotatable bonds is 4. The maximum absolute atomic E-state index is 11.9. The minimum atomic E-state index is -0.757. The molecule has 4 heteroatoms. The van der Waals surface area contributed by atoms with Crippen molar-refractivity contribution >= 4 is 12.4 Å². The number of nitrogens with one attached hydrogen (secondary N) is 1. The van der Waals surface area contributed by atoms with Gasteiger partial charge in [0.15, 0.2) is 6.04 Å². The molecule has 0 aliphatic heterocycles. The third-order valence-corrected chi connectivity index (χ3v) is 2.01. The van der Waals surface area contributed by atoms with Crippen LogP contribution in [0.3, 0.4) is 0 Å². The van der Waals surface area contributed by atoms with Gasteiger partial charge in [0.2, 0.25) is 6.41 Å². The number of carbonyl (C=O) groups excluding carboxylic acids is 2. The standard InChI is InChI=1S/C13H17NO3/c1-13(2,3)17-12(16)11(14-9-15)10-7-5-4-6-8-10/h4-9,11H,1-3H3,(H,14,15)/t11-/m0/s1. The highest BCUT2D eigenvalue weighted by atomic mass is 16.6. The van der Waals surface area contributed by atoms with Gasteiger partial charge in [-0.15, -0.1) is 0 Å². The van der Waals surface area contributed by atoms with Crippen LogP contribution in [0.4, 0.5) is 0 Å². The molecule has 1 aromatic carbocycles. The zero-order valence-corrected chi connectivity index (χ0v) is 10.3. The molecule has 0 aliphatic carbocycles. The Hall–Kier alpha value is -1.84. The lowest BCUT2D eigenvalue weighted by atomic mass is 10.1. The van der Waals surface area contributed by atoms with E-state index in [9.17, 15) is 9.59 Å². The molecule has 92 valence electrons. The normalized spacial score (nSPS) is 12.6. The Kier molecular flexibility index (Phi) is 4.26. The Balaban J connectivity index is 2.87. The van der Waals surface area contributed by atoms with Gasteiger partial charge < -0.3 is 10.1 Å². The van der Waals surface area contributed by atoms with Gasteiger partial charge in [0, 0.05) is 0 Å². The van der Waals surface area contributed by atoms with Crippen molar-refractivity contribution in [3.8, 4) is 0 Å². The van der Waals surface area contributed by atoms with Crippen LogP contribution in [0.25, 0.3) is 0 Å². The topological polar surface area (TPSA) is 55.4 Å². The molecule has 0 aromatic heterocycles. The molecule has 1 atom stereocenters. The number of hydrogen-bond donors (Lipinski definition) is 1. The number of esters is 1. The first-order valence-electron chi connectivity index (χ1n) is 5.41. The maximum atomic E-state index is 11.9. The molecule has 1 aromatic rings. The lowest BCUT2D eigenvalue weighted by Gasteiger charge is -2.23. The number of ether oxygens (including phenoxy) is 1. The summed E-state index contributed by atoms with van der Waals surface area (Å²) in [5.74, 6) is -0.462. The van der Waals surface area contributed by atoms with Crippen LogP contribution in [0.15, 0.2) is 30.3 Å². The van der Waals surface area contributed by atoms with E-state index in [1.54, 1.807) is 45.0 Å². The Labute approximate surface area is 101 Å². The molecule has 0 unspecified atom stereocenters. The largest absolute Gasteiger partial charge is 0.458 e. The molecule has 0 aliphatic rings. The molecular weight excluding hydrogens is 218 g/mol. The van der Waals surface area contributed by atoms with Gasteiger partial charge in [-0.25, -0.2) is 4.79 Å². The number of hydrogen-bond acceptors (Lipinski definition) is 3. The zero-order chi connectivity index (χ0) is 12.9. The van der Waals surface area contributed by atoms with E-state index in [4.69, 9.17) is 4.74 Å². The molecule has 0 saturated carbocycles. The van der Waals surface area contributed by atoms with Crippen LogP contribution in [-0.2, 0) is 14.3 Å². The van der Waals surface area contributed by atoms with Gasteiger partial charge in [0.05, 0.1) is 0 Å². The molecule has 0 bridgehead atoms. The van der Waals surface area contributed by atoms with Crippen molar-refractivity contribution in [1.29, 1.82) is 0 Å². The van der Waals surface area contributed by atoms with E-state index in [0.717, 1.165) is 0 Å². The monoisotopic (exact) mass is 235 g/mol. The number of amides is 1. The second-order valence-electron chi connectivity index (χ2n) is 4.66. The second kappa shape index (κ2) is 5.48. The fourth-order valence-electron chi connectivity index (χ4n) is 1.37. The molecule has 0 radical (unpaired) electrons. The summed E-state index contributed by atoms with van der Waals surface area (Å²) in [4.78, 5) is 22.4. The third kappa shape index (κ3) is 4.26. The molecule has 0 fully saturated rings. The van der Waals surface area contributed by atoms with Gasteiger partial charge in [0.1, 0.15) is 5.60 Å². The summed E-state index contributed by atoms with van der Waals surface area (Å²) >= 11 is 0. The minimum absolute atomic E-state index is 0.462. The number of carbonyl (C=O) groups is 2. The van der Waals surface area contributed by atoms with Crippen molar-refractivity contribution in [3.63, 3.8) is 0 Å². The molecule has 1 rings (SSSR count). The summed E-state index contributed by atoms with van der Waals surface area (Å²) in [6.45, 7) is 5.36. The van der Waals surface area contributed by atoms with Crippen LogP contribution < -0.4 is 5.32 Å². The highest BCUT2D eigenvalue weighted by Crippen LogP contribution is 2.17. The average Bonchev–Trinajstić information content (AvgIpc) is 2.24. The van der Waals surface area contributed by atoms with Gasteiger partial charge in [-0.05, 0) is 26.3 Å². The van der Waals surface area contributed by atoms with Crippen molar-refractivity contribution in [3.05, 3.63) is 35.9 Å². The zero-order valence-electron chi connectivity index (χ0n) is 10.3. The quantitative estimate of drug-likeness (QED) is 0.639. The lowest BCUT2D eigenvalue weighted by Crippen LogP contribution is -2.34. The van der Waals surface area contributed by atoms with Crippen molar-refractivity contribution in [2.24, 2.45) is 0 Å². The molecule has 1 N–H and O–H groups in total. The summed E-state index contributed by atoms with van der Waals surface area (Å²) in [6, 6.07) is 8.23. The van der Waals surface area contributed by atoms with E-state index in [1.165, 1.54) is 0 Å². The van der Waals surface area contributed by atoms with Crippen LogP contribution in [0.1, 0.15) is 32.4 Å². The summed E-state index contributed by atoms with van der Waals surface area (Å²) in [6.07, 6.45) is 0.502. The van der Waals surface area contributed by atoms with Gasteiger partial charge >= 0.3 is 5.97 Å². The minimum Gasteiger partial charge on any atom is -0.458 e. The molecule has 17 heavy (non-hydrogen) atoms. The summed E-state index contributed by atoms with van der Waals surface area (Å²) in [5, 5.41) is 2.47. The predicted molar refractivity (Wildman–Crippen MR) is 64.2 cm³/mol. The predicted octanol–water partition coefficient (Wildman–Crippen LogP) is 1.82. The van der Waals surface area contributed by atoms with E-state index < -0.39 is 17.6 Å². The Morgan fingerprint density at radius 1 is 1.29 bits per heavy atom. The van der Waals surface area contributed by atoms with E-state index in [1.807, 2.05) is 6.07 Å². The Morgan fingerprint density at radius 3 is 2.35 bits per heavy atom.